The molecule has 2 nitrogen and oxygen atoms in total. The Bertz CT molecular complexity index is 470. The molecule has 0 unspecified atom stereocenters. The van der Waals surface area contributed by atoms with Crippen molar-refractivity contribution in [3.05, 3.63) is 42.2 Å². The Kier molecular flexibility index (Phi) is 2.83. The lowest BCUT2D eigenvalue weighted by atomic mass is 10.1. The average molecular weight is 205 g/mol. The molecular formula is C12H12FNO. The van der Waals surface area contributed by atoms with Gasteiger partial charge in [-0.25, -0.2) is 4.39 Å². The Labute approximate surface area is 87.5 Å². The van der Waals surface area contributed by atoms with Crippen LogP contribution in [0, 0.1) is 5.82 Å². The summed E-state index contributed by atoms with van der Waals surface area (Å²) in [4.78, 5) is 0. The Hall–Kier alpha value is -1.61. The van der Waals surface area contributed by atoms with Crippen molar-refractivity contribution < 1.29 is 9.13 Å². The van der Waals surface area contributed by atoms with E-state index in [1.54, 1.807) is 18.2 Å². The zero-order chi connectivity index (χ0) is 10.7. The van der Waals surface area contributed by atoms with Gasteiger partial charge >= 0.3 is 0 Å². The van der Waals surface area contributed by atoms with Gasteiger partial charge in [0.15, 0.2) is 11.6 Å². The summed E-state index contributed by atoms with van der Waals surface area (Å²) in [7, 11) is 0. The number of halogens is 1. The first kappa shape index (κ1) is 9.93. The monoisotopic (exact) mass is 205 g/mol. The van der Waals surface area contributed by atoms with E-state index in [4.69, 9.17) is 10.5 Å². The lowest BCUT2D eigenvalue weighted by Crippen LogP contribution is -2.11. The molecule has 2 aromatic carbocycles. The second kappa shape index (κ2) is 4.28. The highest BCUT2D eigenvalue weighted by molar-refractivity contribution is 5.84. The van der Waals surface area contributed by atoms with E-state index in [0.717, 1.165) is 5.39 Å². The van der Waals surface area contributed by atoms with E-state index in [1.165, 1.54) is 0 Å². The molecule has 0 aliphatic carbocycles. The number of rotatable bonds is 3. The van der Waals surface area contributed by atoms with Gasteiger partial charge in [-0.2, -0.15) is 0 Å². The van der Waals surface area contributed by atoms with Crippen molar-refractivity contribution in [2.75, 3.05) is 13.2 Å². The quantitative estimate of drug-likeness (QED) is 0.834. The second-order valence-corrected chi connectivity index (χ2v) is 3.24. The van der Waals surface area contributed by atoms with Crippen LogP contribution in [0.2, 0.25) is 0 Å². The van der Waals surface area contributed by atoms with Crippen LogP contribution >= 0.6 is 0 Å². The van der Waals surface area contributed by atoms with E-state index in [0.29, 0.717) is 18.5 Å². The van der Waals surface area contributed by atoms with Gasteiger partial charge in [-0.05, 0) is 11.5 Å². The van der Waals surface area contributed by atoms with Gasteiger partial charge in [-0.3, -0.25) is 0 Å². The van der Waals surface area contributed by atoms with E-state index in [9.17, 15) is 4.39 Å². The van der Waals surface area contributed by atoms with Crippen molar-refractivity contribution in [1.29, 1.82) is 0 Å². The van der Waals surface area contributed by atoms with Crippen LogP contribution in [-0.2, 0) is 0 Å². The molecule has 0 spiro atoms. The largest absolute Gasteiger partial charge is 0.489 e. The lowest BCUT2D eigenvalue weighted by molar-refractivity contribution is 0.312. The molecule has 2 aromatic rings. The minimum atomic E-state index is -0.318. The molecule has 78 valence electrons. The Morgan fingerprint density at radius 1 is 1.13 bits per heavy atom. The lowest BCUT2D eigenvalue weighted by Gasteiger charge is -2.07. The van der Waals surface area contributed by atoms with Crippen LogP contribution in [0.5, 0.6) is 5.75 Å². The van der Waals surface area contributed by atoms with Gasteiger partial charge in [0.25, 0.3) is 0 Å². The van der Waals surface area contributed by atoms with Gasteiger partial charge in [0.2, 0.25) is 0 Å². The van der Waals surface area contributed by atoms with E-state index in [2.05, 4.69) is 0 Å². The molecule has 0 aliphatic heterocycles. The molecule has 2 rings (SSSR count). The zero-order valence-electron chi connectivity index (χ0n) is 8.24. The maximum absolute atomic E-state index is 13.8. The number of fused-ring (bicyclic) bond motifs is 1. The van der Waals surface area contributed by atoms with Crippen molar-refractivity contribution >= 4 is 10.8 Å². The van der Waals surface area contributed by atoms with Gasteiger partial charge in [0.1, 0.15) is 6.61 Å². The maximum Gasteiger partial charge on any atom is 0.172 e. The van der Waals surface area contributed by atoms with Crippen LogP contribution in [0.1, 0.15) is 0 Å². The highest BCUT2D eigenvalue weighted by atomic mass is 19.1. The highest BCUT2D eigenvalue weighted by Crippen LogP contribution is 2.25. The molecule has 0 heterocycles. The standard InChI is InChI=1S/C12H12FNO/c13-12-10-4-2-1-3-9(10)5-6-11(12)15-8-7-14/h1-6H,7-8,14H2. The van der Waals surface area contributed by atoms with E-state index in [-0.39, 0.29) is 11.6 Å². The summed E-state index contributed by atoms with van der Waals surface area (Å²) in [5.74, 6) is -0.0549. The van der Waals surface area contributed by atoms with Gasteiger partial charge < -0.3 is 10.5 Å². The summed E-state index contributed by atoms with van der Waals surface area (Å²) in [6.45, 7) is 0.710. The molecule has 0 saturated heterocycles. The molecule has 15 heavy (non-hydrogen) atoms. The minimum Gasteiger partial charge on any atom is -0.489 e. The molecule has 2 N–H and O–H groups in total. The van der Waals surface area contributed by atoms with Crippen LogP contribution in [0.15, 0.2) is 36.4 Å². The highest BCUT2D eigenvalue weighted by Gasteiger charge is 2.07. The maximum atomic E-state index is 13.8. The van der Waals surface area contributed by atoms with Crippen LogP contribution < -0.4 is 10.5 Å². The molecule has 0 aliphatic rings. The van der Waals surface area contributed by atoms with Crippen molar-refractivity contribution in [2.45, 2.75) is 0 Å². The van der Waals surface area contributed by atoms with Gasteiger partial charge in [-0.15, -0.1) is 0 Å². The molecule has 0 fully saturated rings. The fourth-order valence-electron chi connectivity index (χ4n) is 1.49. The number of benzene rings is 2. The first-order valence-electron chi connectivity index (χ1n) is 4.83. The van der Waals surface area contributed by atoms with Crippen LogP contribution in [-0.4, -0.2) is 13.2 Å². The van der Waals surface area contributed by atoms with E-state index < -0.39 is 0 Å². The molecule has 0 atom stereocenters. The van der Waals surface area contributed by atoms with Crippen molar-refractivity contribution in [2.24, 2.45) is 5.73 Å². The summed E-state index contributed by atoms with van der Waals surface area (Å²) in [5.41, 5.74) is 5.29. The molecule has 0 radical (unpaired) electrons. The van der Waals surface area contributed by atoms with Crippen molar-refractivity contribution in [1.82, 2.24) is 0 Å². The van der Waals surface area contributed by atoms with Crippen LogP contribution in [0.4, 0.5) is 4.39 Å². The third-order valence-corrected chi connectivity index (χ3v) is 2.20. The third-order valence-electron chi connectivity index (χ3n) is 2.20. The summed E-state index contributed by atoms with van der Waals surface area (Å²) in [6.07, 6.45) is 0. The Morgan fingerprint density at radius 3 is 2.73 bits per heavy atom. The summed E-state index contributed by atoms with van der Waals surface area (Å²) < 4.78 is 19.0. The molecule has 0 saturated carbocycles. The predicted molar refractivity (Wildman–Crippen MR) is 58.5 cm³/mol. The van der Waals surface area contributed by atoms with Crippen LogP contribution in [0.25, 0.3) is 10.8 Å². The fourth-order valence-corrected chi connectivity index (χ4v) is 1.49. The Balaban J connectivity index is 2.45. The molecule has 0 aromatic heterocycles. The molecule has 0 amide bonds. The summed E-state index contributed by atoms with van der Waals surface area (Å²) in [6, 6.07) is 10.8. The summed E-state index contributed by atoms with van der Waals surface area (Å²) in [5, 5.41) is 1.45. The van der Waals surface area contributed by atoms with E-state index in [1.807, 2.05) is 18.2 Å². The number of hydrogen-bond donors (Lipinski definition) is 1. The zero-order valence-corrected chi connectivity index (χ0v) is 8.24. The van der Waals surface area contributed by atoms with Crippen LogP contribution in [0.3, 0.4) is 0 Å². The van der Waals surface area contributed by atoms with Crippen molar-refractivity contribution in [3.63, 3.8) is 0 Å². The smallest absolute Gasteiger partial charge is 0.172 e. The Morgan fingerprint density at radius 2 is 1.93 bits per heavy atom. The topological polar surface area (TPSA) is 35.2 Å². The fraction of sp³-hybridized carbons (Fsp3) is 0.167. The van der Waals surface area contributed by atoms with Gasteiger partial charge in [0.05, 0.1) is 0 Å². The average Bonchev–Trinajstić information content (AvgIpc) is 2.29. The number of nitrogens with two attached hydrogens (primary N) is 1. The van der Waals surface area contributed by atoms with Crippen molar-refractivity contribution in [3.8, 4) is 5.75 Å². The predicted octanol–water partition coefficient (Wildman–Crippen LogP) is 2.32. The second-order valence-electron chi connectivity index (χ2n) is 3.24. The van der Waals surface area contributed by atoms with Gasteiger partial charge in [0, 0.05) is 11.9 Å². The SMILES string of the molecule is NCCOc1ccc2ccccc2c1F. The number of hydrogen-bond acceptors (Lipinski definition) is 2. The molecular weight excluding hydrogens is 193 g/mol. The van der Waals surface area contributed by atoms with Gasteiger partial charge in [-0.1, -0.05) is 30.3 Å². The molecule has 3 heteroatoms. The first-order chi connectivity index (χ1) is 7.33. The molecule has 0 bridgehead atoms. The normalized spacial score (nSPS) is 10.5. The third kappa shape index (κ3) is 1.92. The number of ether oxygens (including phenoxy) is 1. The minimum absolute atomic E-state index is 0.263. The first-order valence-corrected chi connectivity index (χ1v) is 4.83. The van der Waals surface area contributed by atoms with E-state index >= 15 is 0 Å². The summed E-state index contributed by atoms with van der Waals surface area (Å²) >= 11 is 0.